The number of benzene rings is 1. The van der Waals surface area contributed by atoms with E-state index >= 15 is 0 Å². The molecule has 1 aliphatic carbocycles. The van der Waals surface area contributed by atoms with Crippen molar-refractivity contribution >= 4 is 51.7 Å². The van der Waals surface area contributed by atoms with Crippen molar-refractivity contribution in [2.75, 3.05) is 18.2 Å². The number of anilines is 1. The molecule has 1 aliphatic heterocycles. The van der Waals surface area contributed by atoms with Crippen molar-refractivity contribution in [3.63, 3.8) is 0 Å². The Labute approximate surface area is 155 Å². The molecule has 0 bridgehead atoms. The molecule has 132 valence electrons. The van der Waals surface area contributed by atoms with E-state index in [4.69, 9.17) is 16.3 Å². The molecule has 1 fully saturated rings. The average molecular weight is 380 g/mol. The molecule has 0 radical (unpaired) electrons. The van der Waals surface area contributed by atoms with Gasteiger partial charge >= 0.3 is 0 Å². The Morgan fingerprint density at radius 1 is 1.40 bits per heavy atom. The van der Waals surface area contributed by atoms with Crippen LogP contribution in [-0.4, -0.2) is 35.6 Å². The van der Waals surface area contributed by atoms with Gasteiger partial charge in [0.25, 0.3) is 5.91 Å². The number of amidine groups is 1. The summed E-state index contributed by atoms with van der Waals surface area (Å²) in [5.74, 6) is 0.175. The van der Waals surface area contributed by atoms with E-state index in [-0.39, 0.29) is 23.5 Å². The van der Waals surface area contributed by atoms with Gasteiger partial charge in [0.1, 0.15) is 5.75 Å². The third-order valence-electron chi connectivity index (χ3n) is 4.09. The van der Waals surface area contributed by atoms with E-state index in [9.17, 15) is 9.59 Å². The van der Waals surface area contributed by atoms with E-state index in [1.54, 1.807) is 18.2 Å². The number of methoxy groups -OCH3 is 1. The van der Waals surface area contributed by atoms with Gasteiger partial charge in [-0.15, -0.1) is 0 Å². The lowest BCUT2D eigenvalue weighted by Gasteiger charge is -2.24. The Hall–Kier alpha value is -1.86. The first kappa shape index (κ1) is 17.9. The normalized spacial score (nSPS) is 19.6. The Bertz CT molecular complexity index is 764. The molecule has 6 nitrogen and oxygen atoms in total. The summed E-state index contributed by atoms with van der Waals surface area (Å²) < 4.78 is 5.07. The second-order valence-corrected chi connectivity index (χ2v) is 7.17. The van der Waals surface area contributed by atoms with Gasteiger partial charge in [0.05, 0.1) is 23.8 Å². The Balaban J connectivity index is 1.56. The van der Waals surface area contributed by atoms with Crippen LogP contribution in [0.25, 0.3) is 0 Å². The fraction of sp³-hybridized carbons (Fsp3) is 0.412. The molecule has 0 aromatic heterocycles. The number of halogens is 1. The predicted octanol–water partition coefficient (Wildman–Crippen LogP) is 3.55. The first-order valence-corrected chi connectivity index (χ1v) is 9.39. The van der Waals surface area contributed by atoms with Gasteiger partial charge in [-0.05, 0) is 37.5 Å². The molecule has 2 amide bonds. The van der Waals surface area contributed by atoms with Crippen molar-refractivity contribution in [1.29, 1.82) is 0 Å². The number of ether oxygens (including phenoxy) is 1. The zero-order valence-electron chi connectivity index (χ0n) is 13.8. The van der Waals surface area contributed by atoms with Gasteiger partial charge in [-0.2, -0.15) is 4.99 Å². The average Bonchev–Trinajstić information content (AvgIpc) is 2.60. The smallest absolute Gasteiger partial charge is 0.256 e. The summed E-state index contributed by atoms with van der Waals surface area (Å²) >= 11 is 7.20. The van der Waals surface area contributed by atoms with Crippen molar-refractivity contribution in [2.24, 2.45) is 15.9 Å². The summed E-state index contributed by atoms with van der Waals surface area (Å²) in [6.45, 7) is 0. The summed E-state index contributed by atoms with van der Waals surface area (Å²) in [4.78, 5) is 32.6. The van der Waals surface area contributed by atoms with Crippen molar-refractivity contribution in [3.05, 3.63) is 23.2 Å². The van der Waals surface area contributed by atoms with E-state index in [0.717, 1.165) is 31.4 Å². The van der Waals surface area contributed by atoms with Crippen LogP contribution in [0.1, 0.15) is 25.7 Å². The van der Waals surface area contributed by atoms with Crippen LogP contribution in [0.2, 0.25) is 5.02 Å². The number of nitrogens with zero attached hydrogens (tertiary/aromatic N) is 2. The lowest BCUT2D eigenvalue weighted by Crippen LogP contribution is -2.30. The SMILES string of the molecule is COc1ccc(NC(=O)CSC2=NC(=O)C3CCCCC3=N2)cc1Cl. The van der Waals surface area contributed by atoms with Gasteiger partial charge in [-0.1, -0.05) is 29.8 Å². The highest BCUT2D eigenvalue weighted by Gasteiger charge is 2.30. The number of hydrogen-bond acceptors (Lipinski definition) is 5. The maximum Gasteiger partial charge on any atom is 0.256 e. The number of amides is 2. The molecule has 1 aromatic carbocycles. The molecule has 1 atom stereocenters. The van der Waals surface area contributed by atoms with Crippen LogP contribution in [0.4, 0.5) is 5.69 Å². The first-order chi connectivity index (χ1) is 12.1. The largest absolute Gasteiger partial charge is 0.495 e. The predicted molar refractivity (Wildman–Crippen MR) is 101 cm³/mol. The Kier molecular flexibility index (Phi) is 5.75. The van der Waals surface area contributed by atoms with Gasteiger partial charge in [-0.3, -0.25) is 9.59 Å². The number of carbonyl (C=O) groups excluding carboxylic acids is 2. The molecule has 1 heterocycles. The van der Waals surface area contributed by atoms with Crippen LogP contribution in [0.15, 0.2) is 28.2 Å². The molecule has 3 rings (SSSR count). The van der Waals surface area contributed by atoms with E-state index in [0.29, 0.717) is 21.6 Å². The van der Waals surface area contributed by atoms with Crippen molar-refractivity contribution in [2.45, 2.75) is 25.7 Å². The molecular formula is C17H18ClN3O3S. The molecule has 1 N–H and O–H groups in total. The monoisotopic (exact) mass is 379 g/mol. The number of thioether (sulfide) groups is 1. The van der Waals surface area contributed by atoms with Crippen LogP contribution in [0.3, 0.4) is 0 Å². The molecule has 1 unspecified atom stereocenters. The van der Waals surface area contributed by atoms with Crippen LogP contribution in [0.5, 0.6) is 5.75 Å². The molecule has 8 heteroatoms. The van der Waals surface area contributed by atoms with Crippen molar-refractivity contribution in [1.82, 2.24) is 0 Å². The molecule has 25 heavy (non-hydrogen) atoms. The summed E-state index contributed by atoms with van der Waals surface area (Å²) in [5.41, 5.74) is 1.49. The second-order valence-electron chi connectivity index (χ2n) is 5.82. The number of hydrogen-bond donors (Lipinski definition) is 1. The maximum absolute atomic E-state index is 12.1. The minimum atomic E-state index is -0.215. The molecule has 1 saturated carbocycles. The summed E-state index contributed by atoms with van der Waals surface area (Å²) in [6.07, 6.45) is 3.77. The van der Waals surface area contributed by atoms with Crippen LogP contribution in [0, 0.1) is 5.92 Å². The number of nitrogens with one attached hydrogen (secondary N) is 1. The second kappa shape index (κ2) is 8.01. The van der Waals surface area contributed by atoms with Gasteiger partial charge in [0.2, 0.25) is 5.91 Å². The first-order valence-electron chi connectivity index (χ1n) is 8.03. The molecular weight excluding hydrogens is 362 g/mol. The highest BCUT2D eigenvalue weighted by atomic mass is 35.5. The van der Waals surface area contributed by atoms with Gasteiger partial charge in [0, 0.05) is 11.4 Å². The van der Waals surface area contributed by atoms with E-state index < -0.39 is 0 Å². The van der Waals surface area contributed by atoms with E-state index in [1.807, 2.05) is 0 Å². The fourth-order valence-corrected chi connectivity index (χ4v) is 3.78. The molecule has 2 aliphatic rings. The number of rotatable bonds is 4. The highest BCUT2D eigenvalue weighted by molar-refractivity contribution is 8.14. The topological polar surface area (TPSA) is 80.1 Å². The molecule has 0 spiro atoms. The summed E-state index contributed by atoms with van der Waals surface area (Å²) in [7, 11) is 1.53. The zero-order chi connectivity index (χ0) is 17.8. The van der Waals surface area contributed by atoms with Gasteiger partial charge < -0.3 is 10.1 Å². The van der Waals surface area contributed by atoms with Crippen LogP contribution in [-0.2, 0) is 9.59 Å². The third-order valence-corrected chi connectivity index (χ3v) is 5.23. The fourth-order valence-electron chi connectivity index (χ4n) is 2.85. The zero-order valence-corrected chi connectivity index (χ0v) is 15.3. The van der Waals surface area contributed by atoms with Gasteiger partial charge in [0.15, 0.2) is 5.17 Å². The van der Waals surface area contributed by atoms with Crippen molar-refractivity contribution in [3.8, 4) is 5.75 Å². The summed E-state index contributed by atoms with van der Waals surface area (Å²) in [5, 5.41) is 3.55. The Morgan fingerprint density at radius 3 is 3.00 bits per heavy atom. The summed E-state index contributed by atoms with van der Waals surface area (Å²) in [6, 6.07) is 5.02. The third kappa shape index (κ3) is 4.41. The minimum Gasteiger partial charge on any atom is -0.495 e. The minimum absolute atomic E-state index is 0.122. The number of aliphatic imine (C=N–C) groups is 2. The van der Waals surface area contributed by atoms with Crippen LogP contribution >= 0.6 is 23.4 Å². The maximum atomic E-state index is 12.1. The van der Waals surface area contributed by atoms with Crippen molar-refractivity contribution < 1.29 is 14.3 Å². The number of carbonyl (C=O) groups is 2. The van der Waals surface area contributed by atoms with E-state index in [2.05, 4.69) is 15.3 Å². The number of fused-ring (bicyclic) bond motifs is 1. The quantitative estimate of drug-likeness (QED) is 0.867. The molecule has 1 aromatic rings. The molecule has 0 saturated heterocycles. The highest BCUT2D eigenvalue weighted by Crippen LogP contribution is 2.28. The lowest BCUT2D eigenvalue weighted by atomic mass is 9.86. The van der Waals surface area contributed by atoms with Crippen LogP contribution < -0.4 is 10.1 Å². The lowest BCUT2D eigenvalue weighted by molar-refractivity contribution is -0.120. The standard InChI is InChI=1S/C17H18ClN3O3S/c1-24-14-7-6-10(8-12(14)18)19-15(22)9-25-17-20-13-5-3-2-4-11(13)16(23)21-17/h6-8,11H,2-5,9H2,1H3,(H,19,22). The van der Waals surface area contributed by atoms with E-state index in [1.165, 1.54) is 18.9 Å². The Morgan fingerprint density at radius 2 is 2.24 bits per heavy atom. The van der Waals surface area contributed by atoms with Gasteiger partial charge in [-0.25, -0.2) is 4.99 Å².